The number of rotatable bonds is 8. The van der Waals surface area contributed by atoms with Crippen LogP contribution < -0.4 is 14.2 Å². The van der Waals surface area contributed by atoms with Crippen molar-refractivity contribution in [3.8, 4) is 17.2 Å². The third-order valence-corrected chi connectivity index (χ3v) is 3.53. The maximum atomic E-state index is 11.5. The molecule has 1 unspecified atom stereocenters. The molecule has 2 aromatic carbocycles. The van der Waals surface area contributed by atoms with Crippen molar-refractivity contribution in [2.24, 2.45) is 0 Å². The van der Waals surface area contributed by atoms with Crippen molar-refractivity contribution in [3.63, 3.8) is 0 Å². The Balaban J connectivity index is 2.05. The highest BCUT2D eigenvalue weighted by Gasteiger charge is 2.20. The Kier molecular flexibility index (Phi) is 5.86. The summed E-state index contributed by atoms with van der Waals surface area (Å²) in [5, 5.41) is 9.41. The van der Waals surface area contributed by atoms with E-state index >= 15 is 0 Å². The molecular weight excluding hydrogens is 296 g/mol. The lowest BCUT2D eigenvalue weighted by atomic mass is 9.96. The Morgan fingerprint density at radius 2 is 1.70 bits per heavy atom. The fraction of sp³-hybridized carbons (Fsp3) is 0.278. The smallest absolute Gasteiger partial charge is 0.311 e. The fourth-order valence-corrected chi connectivity index (χ4v) is 2.38. The van der Waals surface area contributed by atoms with Crippen LogP contribution in [0.1, 0.15) is 17.9 Å². The van der Waals surface area contributed by atoms with Gasteiger partial charge in [0.05, 0.1) is 26.7 Å². The van der Waals surface area contributed by atoms with Gasteiger partial charge in [0.15, 0.2) is 11.5 Å². The fourth-order valence-electron chi connectivity index (χ4n) is 2.38. The van der Waals surface area contributed by atoms with Crippen molar-refractivity contribution in [1.82, 2.24) is 0 Å². The Morgan fingerprint density at radius 1 is 1.00 bits per heavy atom. The molecule has 2 aromatic rings. The highest BCUT2D eigenvalue weighted by atomic mass is 16.5. The molecule has 0 amide bonds. The second kappa shape index (κ2) is 8.08. The molecule has 0 aromatic heterocycles. The maximum Gasteiger partial charge on any atom is 0.311 e. The third kappa shape index (κ3) is 4.16. The van der Waals surface area contributed by atoms with Crippen LogP contribution in [-0.4, -0.2) is 31.9 Å². The van der Waals surface area contributed by atoms with Gasteiger partial charge < -0.3 is 19.3 Å². The molecule has 5 heteroatoms. The first kappa shape index (κ1) is 16.7. The minimum atomic E-state index is -0.864. The number of benzene rings is 2. The van der Waals surface area contributed by atoms with E-state index < -0.39 is 11.9 Å². The maximum absolute atomic E-state index is 11.5. The van der Waals surface area contributed by atoms with Crippen molar-refractivity contribution in [2.45, 2.75) is 12.3 Å². The summed E-state index contributed by atoms with van der Waals surface area (Å²) in [7, 11) is 3.09. The molecule has 0 aliphatic rings. The minimum absolute atomic E-state index is 0.259. The van der Waals surface area contributed by atoms with E-state index in [0.717, 1.165) is 5.56 Å². The SMILES string of the molecule is COc1cccc(OCCC(C(=O)O)c2ccccc2)c1OC. The van der Waals surface area contributed by atoms with Gasteiger partial charge in [-0.15, -0.1) is 0 Å². The summed E-state index contributed by atoms with van der Waals surface area (Å²) in [5.74, 6) is 0.138. The van der Waals surface area contributed by atoms with Gasteiger partial charge in [0, 0.05) is 0 Å². The van der Waals surface area contributed by atoms with Gasteiger partial charge >= 0.3 is 5.97 Å². The van der Waals surface area contributed by atoms with E-state index in [1.54, 1.807) is 25.3 Å². The topological polar surface area (TPSA) is 65.0 Å². The predicted molar refractivity (Wildman–Crippen MR) is 86.5 cm³/mol. The number of carbonyl (C=O) groups is 1. The van der Waals surface area contributed by atoms with Gasteiger partial charge in [-0.25, -0.2) is 0 Å². The summed E-state index contributed by atoms with van der Waals surface area (Å²) >= 11 is 0. The van der Waals surface area contributed by atoms with Crippen LogP contribution in [0.2, 0.25) is 0 Å². The second-order valence-corrected chi connectivity index (χ2v) is 4.93. The molecule has 122 valence electrons. The molecule has 1 N–H and O–H groups in total. The molecule has 0 aliphatic heterocycles. The molecule has 0 heterocycles. The van der Waals surface area contributed by atoms with E-state index in [1.807, 2.05) is 30.3 Å². The zero-order valence-electron chi connectivity index (χ0n) is 13.2. The van der Waals surface area contributed by atoms with Crippen LogP contribution in [0.5, 0.6) is 17.2 Å². The number of methoxy groups -OCH3 is 2. The van der Waals surface area contributed by atoms with Gasteiger partial charge in [-0.2, -0.15) is 0 Å². The van der Waals surface area contributed by atoms with Crippen LogP contribution >= 0.6 is 0 Å². The lowest BCUT2D eigenvalue weighted by Crippen LogP contribution is -2.15. The Morgan fingerprint density at radius 3 is 2.30 bits per heavy atom. The van der Waals surface area contributed by atoms with Crippen LogP contribution in [0.4, 0.5) is 0 Å². The van der Waals surface area contributed by atoms with Gasteiger partial charge in [-0.3, -0.25) is 4.79 Å². The summed E-state index contributed by atoms with van der Waals surface area (Å²) < 4.78 is 16.2. The molecule has 5 nitrogen and oxygen atoms in total. The molecule has 0 fully saturated rings. The number of carboxylic acids is 1. The summed E-state index contributed by atoms with van der Waals surface area (Å²) in [6.45, 7) is 0.259. The lowest BCUT2D eigenvalue weighted by molar-refractivity contribution is -0.139. The highest BCUT2D eigenvalue weighted by Crippen LogP contribution is 2.36. The number of hydrogen-bond donors (Lipinski definition) is 1. The molecule has 0 aliphatic carbocycles. The average molecular weight is 316 g/mol. The summed E-state index contributed by atoms with van der Waals surface area (Å²) in [4.78, 5) is 11.5. The van der Waals surface area contributed by atoms with Crippen molar-refractivity contribution in [2.75, 3.05) is 20.8 Å². The van der Waals surface area contributed by atoms with E-state index in [9.17, 15) is 9.90 Å². The van der Waals surface area contributed by atoms with Crippen LogP contribution in [0.25, 0.3) is 0 Å². The van der Waals surface area contributed by atoms with Gasteiger partial charge in [0.25, 0.3) is 0 Å². The number of aliphatic carboxylic acids is 1. The lowest BCUT2D eigenvalue weighted by Gasteiger charge is -2.16. The van der Waals surface area contributed by atoms with Gasteiger partial charge in [-0.05, 0) is 24.1 Å². The number of hydrogen-bond acceptors (Lipinski definition) is 4. The summed E-state index contributed by atoms with van der Waals surface area (Å²) in [5.41, 5.74) is 0.765. The third-order valence-electron chi connectivity index (χ3n) is 3.53. The summed E-state index contributed by atoms with van der Waals surface area (Å²) in [6.07, 6.45) is 0.361. The Bertz CT molecular complexity index is 639. The molecular formula is C18H20O5. The first-order valence-electron chi connectivity index (χ1n) is 7.29. The average Bonchev–Trinajstić information content (AvgIpc) is 2.58. The number of ether oxygens (including phenoxy) is 3. The minimum Gasteiger partial charge on any atom is -0.493 e. The van der Waals surface area contributed by atoms with Crippen molar-refractivity contribution >= 4 is 5.97 Å². The van der Waals surface area contributed by atoms with Crippen molar-refractivity contribution in [1.29, 1.82) is 0 Å². The van der Waals surface area contributed by atoms with E-state index in [4.69, 9.17) is 14.2 Å². The molecule has 0 radical (unpaired) electrons. The molecule has 23 heavy (non-hydrogen) atoms. The van der Waals surface area contributed by atoms with Gasteiger partial charge in [0.1, 0.15) is 0 Å². The van der Waals surface area contributed by atoms with Gasteiger partial charge in [-0.1, -0.05) is 36.4 Å². The Labute approximate surface area is 135 Å². The second-order valence-electron chi connectivity index (χ2n) is 4.93. The normalized spacial score (nSPS) is 11.6. The first-order chi connectivity index (χ1) is 11.2. The van der Waals surface area contributed by atoms with Gasteiger partial charge in [0.2, 0.25) is 5.75 Å². The molecule has 0 bridgehead atoms. The largest absolute Gasteiger partial charge is 0.493 e. The molecule has 0 saturated carbocycles. The quantitative estimate of drug-likeness (QED) is 0.809. The predicted octanol–water partition coefficient (Wildman–Crippen LogP) is 3.34. The standard InChI is InChI=1S/C18H20O5/c1-21-15-9-6-10-16(17(15)22-2)23-12-11-14(18(19)20)13-7-4-3-5-8-13/h3-10,14H,11-12H2,1-2H3,(H,19,20). The molecule has 0 spiro atoms. The highest BCUT2D eigenvalue weighted by molar-refractivity contribution is 5.76. The van der Waals surface area contributed by atoms with Crippen molar-refractivity contribution < 1.29 is 24.1 Å². The van der Waals surface area contributed by atoms with E-state index in [2.05, 4.69) is 0 Å². The Hall–Kier alpha value is -2.69. The molecule has 2 rings (SSSR count). The summed E-state index contributed by atoms with van der Waals surface area (Å²) in [6, 6.07) is 14.5. The monoisotopic (exact) mass is 316 g/mol. The number of carboxylic acid groups (broad SMARTS) is 1. The molecule has 1 atom stereocenters. The van der Waals surface area contributed by atoms with E-state index in [-0.39, 0.29) is 6.61 Å². The zero-order chi connectivity index (χ0) is 16.7. The zero-order valence-corrected chi connectivity index (χ0v) is 13.2. The first-order valence-corrected chi connectivity index (χ1v) is 7.29. The van der Waals surface area contributed by atoms with E-state index in [0.29, 0.717) is 23.7 Å². The van der Waals surface area contributed by atoms with Crippen LogP contribution in [0.3, 0.4) is 0 Å². The van der Waals surface area contributed by atoms with Crippen LogP contribution in [-0.2, 0) is 4.79 Å². The van der Waals surface area contributed by atoms with Crippen LogP contribution in [0.15, 0.2) is 48.5 Å². The van der Waals surface area contributed by atoms with E-state index in [1.165, 1.54) is 7.11 Å². The molecule has 0 saturated heterocycles. The van der Waals surface area contributed by atoms with Crippen molar-refractivity contribution in [3.05, 3.63) is 54.1 Å². The van der Waals surface area contributed by atoms with Crippen LogP contribution in [0, 0.1) is 0 Å². The number of para-hydroxylation sites is 1.